The van der Waals surface area contributed by atoms with Gasteiger partial charge in [-0.1, -0.05) is 4.73 Å². The Kier molecular flexibility index (Phi) is 2.05. The summed E-state index contributed by atoms with van der Waals surface area (Å²) in [4.78, 5) is 41.3. The van der Waals surface area contributed by atoms with E-state index in [1.54, 1.807) is 0 Å². The fraction of sp³-hybridized carbons (Fsp3) is 0. The molecule has 0 unspecified atom stereocenters. The molecule has 0 aliphatic carbocycles. The SMILES string of the molecule is O=C1/C=C/C(=O)On2c(nccc2=O)O1. The fourth-order valence-electron chi connectivity index (χ4n) is 0.912. The number of esters is 1. The van der Waals surface area contributed by atoms with Crippen LogP contribution in [0, 0.1) is 0 Å². The van der Waals surface area contributed by atoms with E-state index in [4.69, 9.17) is 0 Å². The molecule has 0 amide bonds. The van der Waals surface area contributed by atoms with Crippen LogP contribution in [0.15, 0.2) is 29.2 Å². The summed E-state index contributed by atoms with van der Waals surface area (Å²) in [7, 11) is 0. The van der Waals surface area contributed by atoms with Crippen molar-refractivity contribution in [3.63, 3.8) is 0 Å². The summed E-state index contributed by atoms with van der Waals surface area (Å²) in [5, 5.41) is 0. The summed E-state index contributed by atoms with van der Waals surface area (Å²) in [6.45, 7) is 0. The van der Waals surface area contributed by atoms with Crippen LogP contribution in [-0.4, -0.2) is 21.7 Å². The van der Waals surface area contributed by atoms with Gasteiger partial charge in [0.25, 0.3) is 5.56 Å². The molecule has 0 radical (unpaired) electrons. The van der Waals surface area contributed by atoms with E-state index in [1.807, 2.05) is 0 Å². The topological polar surface area (TPSA) is 87.5 Å². The number of rotatable bonds is 0. The molecule has 1 aliphatic heterocycles. The van der Waals surface area contributed by atoms with E-state index in [-0.39, 0.29) is 6.01 Å². The minimum Gasteiger partial charge on any atom is -0.387 e. The lowest BCUT2D eigenvalue weighted by atomic mass is 10.5. The Balaban J connectivity index is 2.56. The maximum absolute atomic E-state index is 11.2. The van der Waals surface area contributed by atoms with Gasteiger partial charge in [0.15, 0.2) is 0 Å². The molecular weight excluding hydrogens is 204 g/mol. The predicted octanol–water partition coefficient (Wildman–Crippen LogP) is -1.33. The highest BCUT2D eigenvalue weighted by Crippen LogP contribution is 2.03. The van der Waals surface area contributed by atoms with Crippen molar-refractivity contribution < 1.29 is 19.2 Å². The van der Waals surface area contributed by atoms with E-state index < -0.39 is 17.5 Å². The Morgan fingerprint density at radius 2 is 1.87 bits per heavy atom. The second kappa shape index (κ2) is 3.37. The molecule has 15 heavy (non-hydrogen) atoms. The number of hydrogen-bond acceptors (Lipinski definition) is 6. The number of fused-ring (bicyclic) bond motifs is 1. The summed E-state index contributed by atoms with van der Waals surface area (Å²) in [6.07, 6.45) is 2.87. The molecule has 0 fully saturated rings. The van der Waals surface area contributed by atoms with Gasteiger partial charge in [0.1, 0.15) is 0 Å². The molecule has 2 heterocycles. The summed E-state index contributed by atoms with van der Waals surface area (Å²) in [5.41, 5.74) is -0.656. The zero-order chi connectivity index (χ0) is 10.8. The molecule has 7 nitrogen and oxygen atoms in total. The highest BCUT2D eigenvalue weighted by atomic mass is 16.7. The molecule has 1 aliphatic rings. The van der Waals surface area contributed by atoms with Crippen LogP contribution in [0.3, 0.4) is 0 Å². The van der Waals surface area contributed by atoms with Crippen molar-refractivity contribution in [2.45, 2.75) is 0 Å². The predicted molar refractivity (Wildman–Crippen MR) is 44.9 cm³/mol. The lowest BCUT2D eigenvalue weighted by Crippen LogP contribution is -2.33. The van der Waals surface area contributed by atoms with E-state index in [0.717, 1.165) is 24.4 Å². The van der Waals surface area contributed by atoms with E-state index in [9.17, 15) is 14.4 Å². The first-order valence-corrected chi connectivity index (χ1v) is 3.87. The number of aromatic nitrogens is 2. The number of carbonyl (C=O) groups excluding carboxylic acids is 2. The minimum absolute atomic E-state index is 0.384. The number of nitrogens with zero attached hydrogens (tertiary/aromatic N) is 2. The van der Waals surface area contributed by atoms with E-state index in [0.29, 0.717) is 4.73 Å². The van der Waals surface area contributed by atoms with Gasteiger partial charge in [-0.15, -0.1) is 0 Å². The Bertz CT molecular complexity index is 516. The fourth-order valence-corrected chi connectivity index (χ4v) is 0.912. The quantitative estimate of drug-likeness (QED) is 0.491. The smallest absolute Gasteiger partial charge is 0.357 e. The Morgan fingerprint density at radius 1 is 1.13 bits per heavy atom. The third kappa shape index (κ3) is 1.75. The van der Waals surface area contributed by atoms with Crippen molar-refractivity contribution in [2.24, 2.45) is 0 Å². The largest absolute Gasteiger partial charge is 0.387 e. The first-order chi connectivity index (χ1) is 7.16. The van der Waals surface area contributed by atoms with Crippen molar-refractivity contribution in [3.05, 3.63) is 34.8 Å². The van der Waals surface area contributed by atoms with Crippen LogP contribution in [0.5, 0.6) is 6.01 Å². The Morgan fingerprint density at radius 3 is 2.67 bits per heavy atom. The molecule has 0 saturated heterocycles. The molecule has 0 aromatic carbocycles. The number of hydrogen-bond donors (Lipinski definition) is 0. The van der Waals surface area contributed by atoms with Crippen LogP contribution < -0.4 is 15.1 Å². The molecule has 0 atom stereocenters. The lowest BCUT2D eigenvalue weighted by molar-refractivity contribution is -0.143. The highest BCUT2D eigenvalue weighted by molar-refractivity contribution is 5.93. The van der Waals surface area contributed by atoms with Crippen LogP contribution in [0.2, 0.25) is 0 Å². The average Bonchev–Trinajstić information content (AvgIpc) is 2.18. The maximum atomic E-state index is 11.2. The van der Waals surface area contributed by atoms with Crippen molar-refractivity contribution >= 4 is 11.9 Å². The first-order valence-electron chi connectivity index (χ1n) is 3.87. The van der Waals surface area contributed by atoms with Crippen LogP contribution in [0.25, 0.3) is 0 Å². The lowest BCUT2D eigenvalue weighted by Gasteiger charge is -2.09. The number of carbonyl (C=O) groups is 2. The molecule has 7 heteroatoms. The van der Waals surface area contributed by atoms with Gasteiger partial charge >= 0.3 is 17.9 Å². The van der Waals surface area contributed by atoms with Gasteiger partial charge < -0.3 is 9.57 Å². The molecule has 76 valence electrons. The van der Waals surface area contributed by atoms with Gasteiger partial charge in [-0.05, 0) is 0 Å². The van der Waals surface area contributed by atoms with Crippen molar-refractivity contribution in [2.75, 3.05) is 0 Å². The van der Waals surface area contributed by atoms with Gasteiger partial charge in [0.05, 0.1) is 0 Å². The van der Waals surface area contributed by atoms with Gasteiger partial charge in [-0.25, -0.2) is 14.6 Å². The van der Waals surface area contributed by atoms with Crippen LogP contribution in [0.4, 0.5) is 0 Å². The Labute approximate surface area is 82.5 Å². The van der Waals surface area contributed by atoms with Gasteiger partial charge in [-0.2, -0.15) is 0 Å². The summed E-state index contributed by atoms with van der Waals surface area (Å²) >= 11 is 0. The van der Waals surface area contributed by atoms with Crippen molar-refractivity contribution in [1.82, 2.24) is 9.71 Å². The second-order valence-corrected chi connectivity index (χ2v) is 2.52. The third-order valence-corrected chi connectivity index (χ3v) is 1.50. The van der Waals surface area contributed by atoms with E-state index in [2.05, 4.69) is 14.6 Å². The van der Waals surface area contributed by atoms with Crippen LogP contribution in [0.1, 0.15) is 0 Å². The maximum Gasteiger partial charge on any atom is 0.357 e. The average molecular weight is 208 g/mol. The van der Waals surface area contributed by atoms with Gasteiger partial charge in [-0.3, -0.25) is 4.79 Å². The first kappa shape index (κ1) is 9.13. The zero-order valence-corrected chi connectivity index (χ0v) is 7.25. The zero-order valence-electron chi connectivity index (χ0n) is 7.25. The molecule has 0 saturated carbocycles. The molecule has 1 aromatic heterocycles. The van der Waals surface area contributed by atoms with Gasteiger partial charge in [0, 0.05) is 24.4 Å². The third-order valence-electron chi connectivity index (χ3n) is 1.50. The highest BCUT2D eigenvalue weighted by Gasteiger charge is 2.16. The monoisotopic (exact) mass is 208 g/mol. The molecule has 0 bridgehead atoms. The van der Waals surface area contributed by atoms with Crippen LogP contribution >= 0.6 is 0 Å². The normalized spacial score (nSPS) is 16.8. The van der Waals surface area contributed by atoms with E-state index >= 15 is 0 Å². The molecule has 2 rings (SSSR count). The Hall–Kier alpha value is -2.44. The molecule has 1 aromatic rings. The summed E-state index contributed by atoms with van der Waals surface area (Å²) in [5.74, 6) is -1.67. The molecule has 0 spiro atoms. The summed E-state index contributed by atoms with van der Waals surface area (Å²) < 4.78 is 5.12. The number of ether oxygens (including phenoxy) is 1. The van der Waals surface area contributed by atoms with Gasteiger partial charge in [0.2, 0.25) is 0 Å². The van der Waals surface area contributed by atoms with Crippen molar-refractivity contribution in [1.29, 1.82) is 0 Å². The van der Waals surface area contributed by atoms with Crippen molar-refractivity contribution in [3.8, 4) is 6.01 Å². The van der Waals surface area contributed by atoms with Crippen LogP contribution in [-0.2, 0) is 9.59 Å². The summed E-state index contributed by atoms with van der Waals surface area (Å²) in [6, 6.07) is 0.681. The molecular formula is C8H4N2O5. The van der Waals surface area contributed by atoms with E-state index in [1.165, 1.54) is 0 Å². The molecule has 0 N–H and O–H groups in total. The second-order valence-electron chi connectivity index (χ2n) is 2.52. The minimum atomic E-state index is -0.858. The standard InChI is InChI=1S/C8H4N2O5/c11-5-3-4-9-8-10(5)15-7(13)2-1-6(12)14-8/h1-4H/b2-1+.